The van der Waals surface area contributed by atoms with Gasteiger partial charge in [-0.05, 0) is 19.1 Å². The Morgan fingerprint density at radius 1 is 1.09 bits per heavy atom. The lowest BCUT2D eigenvalue weighted by Gasteiger charge is -2.07. The number of hydrazone groups is 1. The molecule has 0 unspecified atom stereocenters. The number of anilines is 1. The molecular formula is C15H12F4N2O. The van der Waals surface area contributed by atoms with Gasteiger partial charge in [-0.25, -0.2) is 17.6 Å². The van der Waals surface area contributed by atoms with Crippen molar-refractivity contribution in [2.45, 2.75) is 6.92 Å². The number of para-hydroxylation sites is 1. The molecule has 22 heavy (non-hydrogen) atoms. The Bertz CT molecular complexity index is 678. The molecule has 0 aliphatic carbocycles. The molecule has 0 aliphatic rings. The van der Waals surface area contributed by atoms with Crippen LogP contribution in [-0.4, -0.2) is 12.8 Å². The van der Waals surface area contributed by atoms with E-state index in [9.17, 15) is 17.6 Å². The summed E-state index contributed by atoms with van der Waals surface area (Å²) < 4.78 is 58.3. The molecule has 1 N–H and O–H groups in total. The van der Waals surface area contributed by atoms with Crippen LogP contribution < -0.4 is 10.2 Å². The zero-order valence-corrected chi connectivity index (χ0v) is 11.5. The van der Waals surface area contributed by atoms with E-state index in [1.54, 1.807) is 31.2 Å². The summed E-state index contributed by atoms with van der Waals surface area (Å²) in [4.78, 5) is 0. The molecule has 0 saturated carbocycles. The van der Waals surface area contributed by atoms with Crippen molar-refractivity contribution in [3.8, 4) is 5.75 Å². The van der Waals surface area contributed by atoms with Crippen molar-refractivity contribution in [3.63, 3.8) is 0 Å². The van der Waals surface area contributed by atoms with Crippen molar-refractivity contribution < 1.29 is 22.3 Å². The van der Waals surface area contributed by atoms with E-state index in [-0.39, 0.29) is 6.07 Å². The van der Waals surface area contributed by atoms with Crippen LogP contribution in [0.25, 0.3) is 0 Å². The highest BCUT2D eigenvalue weighted by molar-refractivity contribution is 5.84. The van der Waals surface area contributed by atoms with Gasteiger partial charge in [-0.1, -0.05) is 12.1 Å². The van der Waals surface area contributed by atoms with Crippen molar-refractivity contribution >= 4 is 11.9 Å². The maximum absolute atomic E-state index is 13.4. The maximum Gasteiger partial charge on any atom is 0.186 e. The lowest BCUT2D eigenvalue weighted by atomic mass is 10.2. The number of nitrogens with one attached hydrogen (secondary N) is 1. The summed E-state index contributed by atoms with van der Waals surface area (Å²) in [5, 5.41) is 3.59. The molecule has 0 radical (unpaired) electrons. The molecule has 0 fully saturated rings. The average Bonchev–Trinajstić information content (AvgIpc) is 2.50. The standard InChI is InChI=1S/C15H12F4N2O/c1-2-22-12-6-4-3-5-9(12)8-20-21-15-13(18)10(16)7-11(17)14(15)19/h3-8,21H,2H2,1H3. The Kier molecular flexibility index (Phi) is 4.98. The van der Waals surface area contributed by atoms with E-state index in [0.717, 1.165) is 0 Å². The van der Waals surface area contributed by atoms with Crippen LogP contribution in [-0.2, 0) is 0 Å². The van der Waals surface area contributed by atoms with E-state index in [4.69, 9.17) is 4.74 Å². The van der Waals surface area contributed by atoms with Gasteiger partial charge in [0.1, 0.15) is 11.4 Å². The van der Waals surface area contributed by atoms with Gasteiger partial charge in [0.2, 0.25) is 0 Å². The molecule has 0 saturated heterocycles. The van der Waals surface area contributed by atoms with Gasteiger partial charge in [-0.2, -0.15) is 5.10 Å². The van der Waals surface area contributed by atoms with Crippen molar-refractivity contribution in [2.75, 3.05) is 12.0 Å². The SMILES string of the molecule is CCOc1ccccc1C=NNc1c(F)c(F)cc(F)c1F. The third-order valence-electron chi connectivity index (χ3n) is 2.71. The van der Waals surface area contributed by atoms with Crippen LogP contribution in [0.4, 0.5) is 23.2 Å². The average molecular weight is 312 g/mol. The number of ether oxygens (including phenoxy) is 1. The Morgan fingerprint density at radius 2 is 1.73 bits per heavy atom. The lowest BCUT2D eigenvalue weighted by molar-refractivity contribution is 0.340. The molecule has 2 rings (SSSR count). The summed E-state index contributed by atoms with van der Waals surface area (Å²) in [6.45, 7) is 2.23. The molecule has 116 valence electrons. The quantitative estimate of drug-likeness (QED) is 0.390. The number of halogens is 4. The first-order valence-corrected chi connectivity index (χ1v) is 6.38. The van der Waals surface area contributed by atoms with Crippen LogP contribution in [0.15, 0.2) is 35.4 Å². The second kappa shape index (κ2) is 6.93. The molecule has 0 spiro atoms. The molecule has 2 aromatic carbocycles. The fraction of sp³-hybridized carbons (Fsp3) is 0.133. The van der Waals surface area contributed by atoms with Crippen LogP contribution in [0.5, 0.6) is 5.75 Å². The molecule has 0 atom stereocenters. The maximum atomic E-state index is 13.4. The molecule has 2 aromatic rings. The van der Waals surface area contributed by atoms with Gasteiger partial charge in [-0.3, -0.25) is 5.43 Å². The molecule has 0 aromatic heterocycles. The number of benzene rings is 2. The summed E-state index contributed by atoms with van der Waals surface area (Å²) in [5.74, 6) is -5.59. The zero-order valence-electron chi connectivity index (χ0n) is 11.5. The Hall–Kier alpha value is -2.57. The van der Waals surface area contributed by atoms with Gasteiger partial charge >= 0.3 is 0 Å². The van der Waals surface area contributed by atoms with Gasteiger partial charge < -0.3 is 4.74 Å². The minimum Gasteiger partial charge on any atom is -0.493 e. The summed E-state index contributed by atoms with van der Waals surface area (Å²) in [5.41, 5.74) is 1.50. The van der Waals surface area contributed by atoms with E-state index in [1.807, 2.05) is 5.43 Å². The normalized spacial score (nSPS) is 11.0. The fourth-order valence-corrected chi connectivity index (χ4v) is 1.71. The van der Waals surface area contributed by atoms with Gasteiger partial charge in [0.25, 0.3) is 0 Å². The highest BCUT2D eigenvalue weighted by atomic mass is 19.2. The number of hydrogen-bond acceptors (Lipinski definition) is 3. The van der Waals surface area contributed by atoms with E-state index in [0.29, 0.717) is 17.9 Å². The topological polar surface area (TPSA) is 33.6 Å². The first-order valence-electron chi connectivity index (χ1n) is 6.38. The number of rotatable bonds is 5. The summed E-state index contributed by atoms with van der Waals surface area (Å²) in [6, 6.07) is 6.94. The van der Waals surface area contributed by atoms with Gasteiger partial charge in [0, 0.05) is 11.6 Å². The molecule has 0 amide bonds. The monoisotopic (exact) mass is 312 g/mol. The largest absolute Gasteiger partial charge is 0.493 e. The summed E-state index contributed by atoms with van der Waals surface area (Å²) in [7, 11) is 0. The van der Waals surface area contributed by atoms with Gasteiger partial charge in [0.15, 0.2) is 23.3 Å². The highest BCUT2D eigenvalue weighted by Gasteiger charge is 2.18. The number of nitrogens with zero attached hydrogens (tertiary/aromatic N) is 1. The van der Waals surface area contributed by atoms with Crippen LogP contribution in [0.3, 0.4) is 0 Å². The molecule has 0 heterocycles. The first kappa shape index (κ1) is 15.8. The van der Waals surface area contributed by atoms with E-state index < -0.39 is 29.0 Å². The summed E-state index contributed by atoms with van der Waals surface area (Å²) >= 11 is 0. The van der Waals surface area contributed by atoms with E-state index in [1.165, 1.54) is 6.21 Å². The van der Waals surface area contributed by atoms with Crippen LogP contribution in [0, 0.1) is 23.3 Å². The highest BCUT2D eigenvalue weighted by Crippen LogP contribution is 2.24. The Morgan fingerprint density at radius 3 is 2.36 bits per heavy atom. The molecule has 3 nitrogen and oxygen atoms in total. The Balaban J connectivity index is 2.24. The first-order chi connectivity index (χ1) is 10.5. The minimum atomic E-state index is -1.55. The molecular weight excluding hydrogens is 300 g/mol. The smallest absolute Gasteiger partial charge is 0.186 e. The zero-order chi connectivity index (χ0) is 16.1. The minimum absolute atomic E-state index is 0.129. The van der Waals surface area contributed by atoms with Gasteiger partial charge in [0.05, 0.1) is 12.8 Å². The summed E-state index contributed by atoms with van der Waals surface area (Å²) in [6.07, 6.45) is 1.23. The second-order valence-corrected chi connectivity index (χ2v) is 4.18. The van der Waals surface area contributed by atoms with Crippen molar-refractivity contribution in [1.82, 2.24) is 0 Å². The second-order valence-electron chi connectivity index (χ2n) is 4.18. The molecule has 7 heteroatoms. The third-order valence-corrected chi connectivity index (χ3v) is 2.71. The fourth-order valence-electron chi connectivity index (χ4n) is 1.71. The molecule has 0 bridgehead atoms. The predicted molar refractivity (Wildman–Crippen MR) is 75.1 cm³/mol. The predicted octanol–water partition coefficient (Wildman–Crippen LogP) is 4.09. The van der Waals surface area contributed by atoms with Crippen molar-refractivity contribution in [3.05, 3.63) is 59.2 Å². The van der Waals surface area contributed by atoms with Crippen LogP contribution >= 0.6 is 0 Å². The number of hydrogen-bond donors (Lipinski definition) is 1. The van der Waals surface area contributed by atoms with Gasteiger partial charge in [-0.15, -0.1) is 0 Å². The van der Waals surface area contributed by atoms with Crippen molar-refractivity contribution in [1.29, 1.82) is 0 Å². The van der Waals surface area contributed by atoms with Crippen LogP contribution in [0.1, 0.15) is 12.5 Å². The third kappa shape index (κ3) is 3.36. The van der Waals surface area contributed by atoms with E-state index >= 15 is 0 Å². The lowest BCUT2D eigenvalue weighted by Crippen LogP contribution is -2.03. The Labute approximate surface area is 124 Å². The van der Waals surface area contributed by atoms with Crippen LogP contribution in [0.2, 0.25) is 0 Å². The molecule has 0 aliphatic heterocycles. The van der Waals surface area contributed by atoms with E-state index in [2.05, 4.69) is 5.10 Å². The van der Waals surface area contributed by atoms with Crippen molar-refractivity contribution in [2.24, 2.45) is 5.10 Å².